The minimum atomic E-state index is -0.140. The molecule has 0 fully saturated rings. The summed E-state index contributed by atoms with van der Waals surface area (Å²) in [4.78, 5) is 0. The van der Waals surface area contributed by atoms with Crippen LogP contribution in [0.15, 0.2) is 30.3 Å². The zero-order valence-electron chi connectivity index (χ0n) is 10.8. The second-order valence-electron chi connectivity index (χ2n) is 4.64. The summed E-state index contributed by atoms with van der Waals surface area (Å²) in [5.74, 6) is 0.746. The number of aryl methyl sites for hydroxylation is 1. The van der Waals surface area contributed by atoms with Gasteiger partial charge in [-0.15, -0.1) is 5.10 Å². The Bertz CT molecular complexity index is 477. The van der Waals surface area contributed by atoms with Gasteiger partial charge in [0.2, 0.25) is 0 Å². The number of hydrogen-bond donors (Lipinski definition) is 1. The fourth-order valence-electron chi connectivity index (χ4n) is 1.96. The van der Waals surface area contributed by atoms with Gasteiger partial charge >= 0.3 is 0 Å². The third-order valence-corrected chi connectivity index (χ3v) is 3.04. The highest BCUT2D eigenvalue weighted by Gasteiger charge is 2.15. The van der Waals surface area contributed by atoms with E-state index in [9.17, 15) is 0 Å². The van der Waals surface area contributed by atoms with Gasteiger partial charge in [0, 0.05) is 0 Å². The van der Waals surface area contributed by atoms with Gasteiger partial charge < -0.3 is 5.73 Å². The molecule has 0 spiro atoms. The van der Waals surface area contributed by atoms with Crippen molar-refractivity contribution < 1.29 is 0 Å². The zero-order valence-corrected chi connectivity index (χ0v) is 10.8. The van der Waals surface area contributed by atoms with E-state index in [1.165, 1.54) is 5.56 Å². The van der Waals surface area contributed by atoms with Crippen molar-refractivity contribution in [2.24, 2.45) is 5.73 Å². The first-order chi connectivity index (χ1) is 8.68. The topological polar surface area (TPSA) is 69.6 Å². The van der Waals surface area contributed by atoms with Gasteiger partial charge in [0.05, 0.1) is 12.1 Å². The maximum Gasteiger partial charge on any atom is 0.167 e. The molecular weight excluding hydrogens is 226 g/mol. The minimum Gasteiger partial charge on any atom is -0.322 e. The molecule has 2 rings (SSSR count). The summed E-state index contributed by atoms with van der Waals surface area (Å²) in [5.41, 5.74) is 7.17. The monoisotopic (exact) mass is 245 g/mol. The zero-order chi connectivity index (χ0) is 13.0. The van der Waals surface area contributed by atoms with Gasteiger partial charge in [0.15, 0.2) is 5.82 Å². The van der Waals surface area contributed by atoms with Crippen molar-refractivity contribution in [2.45, 2.75) is 38.8 Å². The van der Waals surface area contributed by atoms with Crippen molar-refractivity contribution in [3.05, 3.63) is 41.7 Å². The molecule has 2 unspecified atom stereocenters. The summed E-state index contributed by atoms with van der Waals surface area (Å²) < 4.78 is 1.83. The minimum absolute atomic E-state index is 0.140. The Morgan fingerprint density at radius 2 is 1.94 bits per heavy atom. The number of hydrogen-bond acceptors (Lipinski definition) is 4. The van der Waals surface area contributed by atoms with Gasteiger partial charge in [-0.25, -0.2) is 4.68 Å². The molecule has 0 aliphatic heterocycles. The van der Waals surface area contributed by atoms with Gasteiger partial charge in [0.25, 0.3) is 0 Å². The first kappa shape index (κ1) is 12.7. The molecule has 5 heteroatoms. The van der Waals surface area contributed by atoms with E-state index in [0.29, 0.717) is 0 Å². The summed E-state index contributed by atoms with van der Waals surface area (Å²) in [6.07, 6.45) is 2.01. The van der Waals surface area contributed by atoms with Crippen LogP contribution in [0, 0.1) is 0 Å². The smallest absolute Gasteiger partial charge is 0.167 e. The van der Waals surface area contributed by atoms with Gasteiger partial charge in [-0.2, -0.15) is 0 Å². The third-order valence-electron chi connectivity index (χ3n) is 3.04. The van der Waals surface area contributed by atoms with Crippen LogP contribution in [0.5, 0.6) is 0 Å². The number of nitrogens with two attached hydrogens (primary N) is 1. The lowest BCUT2D eigenvalue weighted by Crippen LogP contribution is -2.18. The quantitative estimate of drug-likeness (QED) is 0.873. The lowest BCUT2D eigenvalue weighted by atomic mass is 10.1. The molecule has 0 saturated carbocycles. The molecule has 0 aliphatic carbocycles. The SMILES string of the molecule is CC(N)c1nnnn1C(C)CCc1ccccc1. The van der Waals surface area contributed by atoms with Crippen LogP contribution in [-0.4, -0.2) is 20.2 Å². The van der Waals surface area contributed by atoms with E-state index in [4.69, 9.17) is 5.73 Å². The summed E-state index contributed by atoms with van der Waals surface area (Å²) in [5, 5.41) is 11.7. The van der Waals surface area contributed by atoms with E-state index in [1.54, 1.807) is 0 Å². The molecule has 0 amide bonds. The van der Waals surface area contributed by atoms with Crippen LogP contribution in [0.25, 0.3) is 0 Å². The van der Waals surface area contributed by atoms with Gasteiger partial charge in [-0.1, -0.05) is 30.3 Å². The van der Waals surface area contributed by atoms with Crippen molar-refractivity contribution in [3.8, 4) is 0 Å². The lowest BCUT2D eigenvalue weighted by molar-refractivity contribution is 0.424. The van der Waals surface area contributed by atoms with E-state index < -0.39 is 0 Å². The van der Waals surface area contributed by atoms with E-state index in [2.05, 4.69) is 46.7 Å². The Morgan fingerprint density at radius 1 is 1.22 bits per heavy atom. The summed E-state index contributed by atoms with van der Waals surface area (Å²) in [6, 6.07) is 10.5. The van der Waals surface area contributed by atoms with Gasteiger partial charge in [0.1, 0.15) is 0 Å². The van der Waals surface area contributed by atoms with Crippen molar-refractivity contribution in [1.82, 2.24) is 20.2 Å². The Kier molecular flexibility index (Phi) is 4.04. The molecule has 0 saturated heterocycles. The molecule has 2 aromatic rings. The number of rotatable bonds is 5. The van der Waals surface area contributed by atoms with E-state index in [0.717, 1.165) is 18.7 Å². The molecule has 96 valence electrons. The van der Waals surface area contributed by atoms with Gasteiger partial charge in [-0.05, 0) is 42.7 Å². The maximum atomic E-state index is 5.84. The summed E-state index contributed by atoms with van der Waals surface area (Å²) >= 11 is 0. The second-order valence-corrected chi connectivity index (χ2v) is 4.64. The molecule has 18 heavy (non-hydrogen) atoms. The van der Waals surface area contributed by atoms with Crippen LogP contribution >= 0.6 is 0 Å². The van der Waals surface area contributed by atoms with Crippen molar-refractivity contribution in [3.63, 3.8) is 0 Å². The fraction of sp³-hybridized carbons (Fsp3) is 0.462. The maximum absolute atomic E-state index is 5.84. The van der Waals surface area contributed by atoms with Crippen LogP contribution < -0.4 is 5.73 Å². The predicted octanol–water partition coefficient (Wildman–Crippen LogP) is 1.89. The largest absolute Gasteiger partial charge is 0.322 e. The van der Waals surface area contributed by atoms with Crippen LogP contribution in [-0.2, 0) is 6.42 Å². The van der Waals surface area contributed by atoms with Crippen LogP contribution in [0.3, 0.4) is 0 Å². The molecule has 1 heterocycles. The standard InChI is InChI=1S/C13H19N5/c1-10(8-9-12-6-4-3-5-7-12)18-13(11(2)14)15-16-17-18/h3-7,10-11H,8-9,14H2,1-2H3. The highest BCUT2D eigenvalue weighted by molar-refractivity contribution is 5.14. The molecule has 5 nitrogen and oxygen atoms in total. The molecule has 1 aromatic carbocycles. The average molecular weight is 245 g/mol. The highest BCUT2D eigenvalue weighted by Crippen LogP contribution is 2.16. The highest BCUT2D eigenvalue weighted by atomic mass is 15.6. The molecule has 0 aliphatic rings. The molecule has 0 bridgehead atoms. The lowest BCUT2D eigenvalue weighted by Gasteiger charge is -2.14. The van der Waals surface area contributed by atoms with Crippen LogP contribution in [0.2, 0.25) is 0 Å². The molecule has 2 N–H and O–H groups in total. The molecule has 2 atom stereocenters. The Hall–Kier alpha value is -1.75. The van der Waals surface area contributed by atoms with Gasteiger partial charge in [-0.3, -0.25) is 0 Å². The third kappa shape index (κ3) is 2.92. The number of benzene rings is 1. The number of aromatic nitrogens is 4. The number of tetrazole rings is 1. The molecule has 1 aromatic heterocycles. The van der Waals surface area contributed by atoms with E-state index >= 15 is 0 Å². The molecule has 0 radical (unpaired) electrons. The fourth-order valence-corrected chi connectivity index (χ4v) is 1.96. The average Bonchev–Trinajstić information content (AvgIpc) is 2.86. The van der Waals surface area contributed by atoms with Crippen molar-refractivity contribution in [2.75, 3.05) is 0 Å². The normalized spacial score (nSPS) is 14.4. The summed E-state index contributed by atoms with van der Waals surface area (Å²) in [6.45, 7) is 4.01. The number of nitrogens with zero attached hydrogens (tertiary/aromatic N) is 4. The van der Waals surface area contributed by atoms with Crippen molar-refractivity contribution >= 4 is 0 Å². The van der Waals surface area contributed by atoms with Crippen molar-refractivity contribution in [1.29, 1.82) is 0 Å². The Labute approximate surface area is 107 Å². The predicted molar refractivity (Wildman–Crippen MR) is 69.9 cm³/mol. The first-order valence-corrected chi connectivity index (χ1v) is 6.25. The van der Waals surface area contributed by atoms with E-state index in [-0.39, 0.29) is 12.1 Å². The Balaban J connectivity index is 1.99. The van der Waals surface area contributed by atoms with Crippen LogP contribution in [0.1, 0.15) is 43.7 Å². The van der Waals surface area contributed by atoms with E-state index in [1.807, 2.05) is 17.7 Å². The Morgan fingerprint density at radius 3 is 2.61 bits per heavy atom. The second kappa shape index (κ2) is 5.73. The summed E-state index contributed by atoms with van der Waals surface area (Å²) in [7, 11) is 0. The van der Waals surface area contributed by atoms with Crippen LogP contribution in [0.4, 0.5) is 0 Å². The molecular formula is C13H19N5. The first-order valence-electron chi connectivity index (χ1n) is 6.25.